The number of hydrogen-bond acceptors (Lipinski definition) is 6. The van der Waals surface area contributed by atoms with Gasteiger partial charge in [-0.15, -0.1) is 0 Å². The SMILES string of the molecule is CC(=O)Oc1ccc(-c2cnc[nH]c2=O)cc1OC(C)=O. The number of esters is 2. The van der Waals surface area contributed by atoms with Crippen molar-refractivity contribution in [3.63, 3.8) is 0 Å². The molecule has 0 atom stereocenters. The van der Waals surface area contributed by atoms with E-state index in [1.807, 2.05) is 0 Å². The van der Waals surface area contributed by atoms with Gasteiger partial charge >= 0.3 is 11.9 Å². The van der Waals surface area contributed by atoms with Crippen LogP contribution in [0, 0.1) is 0 Å². The smallest absolute Gasteiger partial charge is 0.308 e. The molecule has 1 aromatic heterocycles. The minimum absolute atomic E-state index is 0.0541. The van der Waals surface area contributed by atoms with Gasteiger partial charge in [-0.1, -0.05) is 6.07 Å². The van der Waals surface area contributed by atoms with Crippen molar-refractivity contribution in [1.82, 2.24) is 9.97 Å². The van der Waals surface area contributed by atoms with E-state index in [1.54, 1.807) is 6.07 Å². The molecule has 0 spiro atoms. The summed E-state index contributed by atoms with van der Waals surface area (Å²) in [6.07, 6.45) is 2.66. The Morgan fingerprint density at radius 3 is 2.38 bits per heavy atom. The van der Waals surface area contributed by atoms with Gasteiger partial charge < -0.3 is 14.5 Å². The first-order valence-corrected chi connectivity index (χ1v) is 6.01. The van der Waals surface area contributed by atoms with Crippen LogP contribution >= 0.6 is 0 Å². The van der Waals surface area contributed by atoms with Crippen LogP contribution in [0.2, 0.25) is 0 Å². The number of hydrogen-bond donors (Lipinski definition) is 1. The molecule has 1 heterocycles. The third kappa shape index (κ3) is 3.53. The molecule has 21 heavy (non-hydrogen) atoms. The molecule has 0 fully saturated rings. The summed E-state index contributed by atoms with van der Waals surface area (Å²) < 4.78 is 9.95. The van der Waals surface area contributed by atoms with Gasteiger partial charge in [-0.3, -0.25) is 14.4 Å². The number of aromatic nitrogens is 2. The van der Waals surface area contributed by atoms with E-state index in [0.717, 1.165) is 0 Å². The van der Waals surface area contributed by atoms with Crippen LogP contribution in [-0.4, -0.2) is 21.9 Å². The molecule has 0 aliphatic carbocycles. The van der Waals surface area contributed by atoms with E-state index in [1.165, 1.54) is 38.5 Å². The molecule has 2 aromatic rings. The predicted octanol–water partition coefficient (Wildman–Crippen LogP) is 1.29. The Balaban J connectivity index is 2.51. The highest BCUT2D eigenvalue weighted by Crippen LogP contribution is 2.31. The molecule has 1 N–H and O–H groups in total. The lowest BCUT2D eigenvalue weighted by Gasteiger charge is -2.10. The van der Waals surface area contributed by atoms with Crippen LogP contribution in [0.5, 0.6) is 11.5 Å². The number of nitrogens with one attached hydrogen (secondary N) is 1. The summed E-state index contributed by atoms with van der Waals surface area (Å²) in [6.45, 7) is 2.46. The maximum atomic E-state index is 11.7. The van der Waals surface area contributed by atoms with Crippen molar-refractivity contribution in [1.29, 1.82) is 0 Å². The molecule has 1 aromatic carbocycles. The van der Waals surface area contributed by atoms with Gasteiger partial charge in [0.05, 0.1) is 11.9 Å². The Morgan fingerprint density at radius 1 is 1.10 bits per heavy atom. The quantitative estimate of drug-likeness (QED) is 0.675. The third-order valence-electron chi connectivity index (χ3n) is 2.48. The molecule has 0 aliphatic heterocycles. The first kappa shape index (κ1) is 14.4. The number of aromatic amines is 1. The Morgan fingerprint density at radius 2 is 1.76 bits per heavy atom. The number of carbonyl (C=O) groups is 2. The highest BCUT2D eigenvalue weighted by molar-refractivity contribution is 5.76. The fourth-order valence-electron chi connectivity index (χ4n) is 1.70. The summed E-state index contributed by atoms with van der Waals surface area (Å²) >= 11 is 0. The Hall–Kier alpha value is -2.96. The number of benzene rings is 1. The lowest BCUT2D eigenvalue weighted by atomic mass is 10.1. The molecule has 0 aliphatic rings. The molecule has 108 valence electrons. The predicted molar refractivity (Wildman–Crippen MR) is 72.9 cm³/mol. The molecule has 0 saturated carbocycles. The second kappa shape index (κ2) is 6.00. The Bertz CT molecular complexity index is 751. The van der Waals surface area contributed by atoms with Crippen LogP contribution in [0.4, 0.5) is 0 Å². The first-order valence-electron chi connectivity index (χ1n) is 6.01. The standard InChI is InChI=1S/C14H12N2O5/c1-8(17)20-12-4-3-10(5-13(12)21-9(2)18)11-6-15-7-16-14(11)19/h3-7H,1-2H3,(H,15,16,19). The zero-order valence-electron chi connectivity index (χ0n) is 11.4. The maximum Gasteiger partial charge on any atom is 0.308 e. The van der Waals surface area contributed by atoms with E-state index in [2.05, 4.69) is 9.97 Å². The molecular formula is C14H12N2O5. The van der Waals surface area contributed by atoms with E-state index >= 15 is 0 Å². The van der Waals surface area contributed by atoms with Gasteiger partial charge in [0.1, 0.15) is 0 Å². The first-order chi connectivity index (χ1) is 9.97. The average molecular weight is 288 g/mol. The van der Waals surface area contributed by atoms with E-state index < -0.39 is 11.9 Å². The van der Waals surface area contributed by atoms with E-state index in [-0.39, 0.29) is 17.1 Å². The topological polar surface area (TPSA) is 98.3 Å². The van der Waals surface area contributed by atoms with Crippen LogP contribution in [0.15, 0.2) is 35.5 Å². The molecule has 0 saturated heterocycles. The summed E-state index contributed by atoms with van der Waals surface area (Å²) in [5.74, 6) is -0.962. The fourth-order valence-corrected chi connectivity index (χ4v) is 1.70. The molecular weight excluding hydrogens is 276 g/mol. The molecule has 2 rings (SSSR count). The van der Waals surface area contributed by atoms with Crippen molar-refractivity contribution in [2.45, 2.75) is 13.8 Å². The second-order valence-corrected chi connectivity index (χ2v) is 4.14. The highest BCUT2D eigenvalue weighted by atomic mass is 16.6. The molecule has 7 heteroatoms. The summed E-state index contributed by atoms with van der Waals surface area (Å²) in [5.41, 5.74) is 0.454. The van der Waals surface area contributed by atoms with Gasteiger partial charge in [-0.25, -0.2) is 4.98 Å². The van der Waals surface area contributed by atoms with Gasteiger partial charge in [0.15, 0.2) is 11.5 Å². The molecule has 0 amide bonds. The van der Waals surface area contributed by atoms with Crippen LogP contribution < -0.4 is 15.0 Å². The minimum atomic E-state index is -0.569. The maximum absolute atomic E-state index is 11.7. The third-order valence-corrected chi connectivity index (χ3v) is 2.48. The number of carbonyl (C=O) groups excluding carboxylic acids is 2. The molecule has 0 bridgehead atoms. The van der Waals surface area contributed by atoms with Crippen molar-refractivity contribution in [3.8, 4) is 22.6 Å². The van der Waals surface area contributed by atoms with Gasteiger partial charge in [0.25, 0.3) is 5.56 Å². The highest BCUT2D eigenvalue weighted by Gasteiger charge is 2.13. The Labute approximate surface area is 119 Å². The number of rotatable bonds is 3. The zero-order valence-corrected chi connectivity index (χ0v) is 11.4. The van der Waals surface area contributed by atoms with Crippen molar-refractivity contribution >= 4 is 11.9 Å². The zero-order chi connectivity index (χ0) is 15.4. The average Bonchev–Trinajstić information content (AvgIpc) is 2.40. The summed E-state index contributed by atoms with van der Waals surface area (Å²) in [7, 11) is 0. The van der Waals surface area contributed by atoms with Crippen molar-refractivity contribution < 1.29 is 19.1 Å². The molecule has 7 nitrogen and oxygen atoms in total. The summed E-state index contributed by atoms with van der Waals surface area (Å²) in [5, 5.41) is 0. The van der Waals surface area contributed by atoms with Gasteiger partial charge in [0.2, 0.25) is 0 Å². The number of H-pyrrole nitrogens is 1. The van der Waals surface area contributed by atoms with E-state index in [9.17, 15) is 14.4 Å². The molecule has 0 unspecified atom stereocenters. The molecule has 0 radical (unpaired) electrons. The number of ether oxygens (including phenoxy) is 2. The minimum Gasteiger partial charge on any atom is -0.423 e. The lowest BCUT2D eigenvalue weighted by molar-refractivity contribution is -0.134. The monoisotopic (exact) mass is 288 g/mol. The van der Waals surface area contributed by atoms with Gasteiger partial charge in [-0.2, -0.15) is 0 Å². The second-order valence-electron chi connectivity index (χ2n) is 4.14. The summed E-state index contributed by atoms with van der Waals surface area (Å²) in [6, 6.07) is 4.45. The van der Waals surface area contributed by atoms with Gasteiger partial charge in [-0.05, 0) is 17.7 Å². The van der Waals surface area contributed by atoms with Crippen LogP contribution in [-0.2, 0) is 9.59 Å². The lowest BCUT2D eigenvalue weighted by Crippen LogP contribution is -2.10. The number of nitrogens with zero attached hydrogens (tertiary/aromatic N) is 1. The van der Waals surface area contributed by atoms with Crippen LogP contribution in [0.3, 0.4) is 0 Å². The largest absolute Gasteiger partial charge is 0.423 e. The Kier molecular flexibility index (Phi) is 4.13. The van der Waals surface area contributed by atoms with Crippen molar-refractivity contribution in [3.05, 3.63) is 41.1 Å². The van der Waals surface area contributed by atoms with Crippen LogP contribution in [0.25, 0.3) is 11.1 Å². The fraction of sp³-hybridized carbons (Fsp3) is 0.143. The van der Waals surface area contributed by atoms with E-state index in [0.29, 0.717) is 11.1 Å². The summed E-state index contributed by atoms with van der Waals surface area (Å²) in [4.78, 5) is 40.2. The van der Waals surface area contributed by atoms with Crippen molar-refractivity contribution in [2.75, 3.05) is 0 Å². The van der Waals surface area contributed by atoms with Gasteiger partial charge in [0, 0.05) is 20.0 Å². The van der Waals surface area contributed by atoms with Crippen molar-refractivity contribution in [2.24, 2.45) is 0 Å². The van der Waals surface area contributed by atoms with E-state index in [4.69, 9.17) is 9.47 Å². The van der Waals surface area contributed by atoms with Crippen LogP contribution in [0.1, 0.15) is 13.8 Å². The normalized spacial score (nSPS) is 10.0.